The number of thiophene rings is 1. The van der Waals surface area contributed by atoms with E-state index in [1.54, 1.807) is 17.5 Å². The van der Waals surface area contributed by atoms with Gasteiger partial charge in [0, 0.05) is 34.6 Å². The van der Waals surface area contributed by atoms with E-state index in [4.69, 9.17) is 12.2 Å². The first-order valence-electron chi connectivity index (χ1n) is 9.92. The highest BCUT2D eigenvalue weighted by atomic mass is 32.1. The van der Waals surface area contributed by atoms with Gasteiger partial charge in [-0.15, -0.1) is 11.3 Å². The van der Waals surface area contributed by atoms with Gasteiger partial charge in [-0.05, 0) is 68.0 Å². The molecule has 4 rings (SSSR count). The Morgan fingerprint density at radius 1 is 1.20 bits per heavy atom. The van der Waals surface area contributed by atoms with Crippen LogP contribution in [-0.2, 0) is 4.79 Å². The lowest BCUT2D eigenvalue weighted by Gasteiger charge is -2.26. The van der Waals surface area contributed by atoms with Gasteiger partial charge in [0.1, 0.15) is 0 Å². The summed E-state index contributed by atoms with van der Waals surface area (Å²) in [5, 5.41) is 7.07. The molecule has 2 atom stereocenters. The lowest BCUT2D eigenvalue weighted by Crippen LogP contribution is -2.32. The lowest BCUT2D eigenvalue weighted by atomic mass is 10.0. The average Bonchev–Trinajstić information content (AvgIpc) is 3.30. The number of hydrogen-bond donors (Lipinski definition) is 2. The zero-order valence-corrected chi connectivity index (χ0v) is 18.6. The molecule has 1 amide bonds. The number of carbonyl (C=O) groups excluding carboxylic acids is 1. The minimum absolute atomic E-state index is 0.0119. The predicted octanol–water partition coefficient (Wildman–Crippen LogP) is 4.76. The molecule has 3 aromatic rings. The second kappa shape index (κ2) is 8.93. The molecule has 0 radical (unpaired) electrons. The number of aryl methyl sites for hydroxylation is 2. The molecule has 1 aromatic carbocycles. The fraction of sp³-hybridized carbons (Fsp3) is 0.261. The molecule has 154 valence electrons. The summed E-state index contributed by atoms with van der Waals surface area (Å²) in [7, 11) is 0. The number of anilines is 1. The van der Waals surface area contributed by atoms with Gasteiger partial charge >= 0.3 is 0 Å². The van der Waals surface area contributed by atoms with Gasteiger partial charge in [-0.3, -0.25) is 9.78 Å². The second-order valence-corrected chi connectivity index (χ2v) is 9.14. The number of aromatic nitrogens is 1. The molecule has 2 aromatic heterocycles. The quantitative estimate of drug-likeness (QED) is 0.546. The van der Waals surface area contributed by atoms with Crippen LogP contribution in [0.2, 0.25) is 0 Å². The van der Waals surface area contributed by atoms with Crippen molar-refractivity contribution in [2.45, 2.75) is 32.4 Å². The second-order valence-electron chi connectivity index (χ2n) is 7.44. The number of nitrogens with zero attached hydrogens (tertiary/aromatic N) is 2. The maximum absolute atomic E-state index is 12.6. The van der Waals surface area contributed by atoms with Gasteiger partial charge in [-0.25, -0.2) is 0 Å². The van der Waals surface area contributed by atoms with E-state index in [0.29, 0.717) is 18.1 Å². The molecule has 0 aliphatic carbocycles. The van der Waals surface area contributed by atoms with Gasteiger partial charge in [0.15, 0.2) is 5.11 Å². The maximum Gasteiger partial charge on any atom is 0.226 e. The molecule has 7 heteroatoms. The molecule has 5 nitrogen and oxygen atoms in total. The molecular weight excluding hydrogens is 412 g/mol. The third-order valence-corrected chi connectivity index (χ3v) is 6.56. The molecule has 1 saturated heterocycles. The van der Waals surface area contributed by atoms with Crippen LogP contribution in [0.25, 0.3) is 0 Å². The number of nitrogens with one attached hydrogen (secondary N) is 2. The molecule has 2 unspecified atom stereocenters. The van der Waals surface area contributed by atoms with E-state index < -0.39 is 0 Å². The Balaban J connectivity index is 1.51. The number of hydrogen-bond acceptors (Lipinski definition) is 4. The standard InChI is InChI=1S/C23H24N4OS2/c1-15-6-5-7-17(14-15)25-20(28)11-13-27-22(19-10-9-16(2)30-19)21(26-23(27)29)18-8-3-4-12-24-18/h3-10,12,14,21-22H,11,13H2,1-2H3,(H,25,28)(H,26,29). The lowest BCUT2D eigenvalue weighted by molar-refractivity contribution is -0.116. The van der Waals surface area contributed by atoms with Gasteiger partial charge < -0.3 is 15.5 Å². The Labute approximate surface area is 186 Å². The summed E-state index contributed by atoms with van der Waals surface area (Å²) >= 11 is 7.42. The Hall–Kier alpha value is -2.77. The largest absolute Gasteiger partial charge is 0.352 e. The summed E-state index contributed by atoms with van der Waals surface area (Å²) in [6.45, 7) is 4.65. The van der Waals surface area contributed by atoms with Crippen LogP contribution in [0.4, 0.5) is 5.69 Å². The summed E-state index contributed by atoms with van der Waals surface area (Å²) in [4.78, 5) is 21.7. The van der Waals surface area contributed by atoms with Gasteiger partial charge in [0.25, 0.3) is 0 Å². The van der Waals surface area contributed by atoms with Crippen molar-refractivity contribution in [2.24, 2.45) is 0 Å². The number of pyridine rings is 1. The van der Waals surface area contributed by atoms with Crippen molar-refractivity contribution in [3.05, 3.63) is 81.8 Å². The zero-order valence-electron chi connectivity index (χ0n) is 17.0. The van der Waals surface area contributed by atoms with Gasteiger partial charge in [0.05, 0.1) is 17.8 Å². The van der Waals surface area contributed by atoms with Crippen LogP contribution >= 0.6 is 23.6 Å². The van der Waals surface area contributed by atoms with Gasteiger partial charge in [-0.1, -0.05) is 18.2 Å². The Morgan fingerprint density at radius 2 is 2.07 bits per heavy atom. The maximum atomic E-state index is 12.6. The number of carbonyl (C=O) groups is 1. The Bertz CT molecular complexity index is 1050. The minimum atomic E-state index is -0.0448. The summed E-state index contributed by atoms with van der Waals surface area (Å²) in [6.07, 6.45) is 2.15. The predicted molar refractivity (Wildman–Crippen MR) is 126 cm³/mol. The molecule has 0 saturated carbocycles. The van der Waals surface area contributed by atoms with Crippen molar-refractivity contribution in [3.8, 4) is 0 Å². The number of amides is 1. The van der Waals surface area contributed by atoms with E-state index in [1.807, 2.05) is 49.4 Å². The molecule has 3 heterocycles. The smallest absolute Gasteiger partial charge is 0.226 e. The Kier molecular flexibility index (Phi) is 6.11. The molecule has 1 aliphatic rings. The van der Waals surface area contributed by atoms with Crippen LogP contribution in [0.1, 0.15) is 39.5 Å². The molecule has 1 fully saturated rings. The molecule has 0 spiro atoms. The van der Waals surface area contributed by atoms with Gasteiger partial charge in [0.2, 0.25) is 5.91 Å². The molecule has 2 N–H and O–H groups in total. The molecule has 30 heavy (non-hydrogen) atoms. The van der Waals surface area contributed by atoms with E-state index >= 15 is 0 Å². The van der Waals surface area contributed by atoms with Crippen molar-refractivity contribution in [2.75, 3.05) is 11.9 Å². The van der Waals surface area contributed by atoms with E-state index in [0.717, 1.165) is 16.9 Å². The van der Waals surface area contributed by atoms with Crippen molar-refractivity contribution >= 4 is 40.3 Å². The van der Waals surface area contributed by atoms with E-state index in [-0.39, 0.29) is 18.0 Å². The first kappa shape index (κ1) is 20.5. The van der Waals surface area contributed by atoms with Crippen molar-refractivity contribution < 1.29 is 4.79 Å². The van der Waals surface area contributed by atoms with Crippen molar-refractivity contribution in [1.82, 2.24) is 15.2 Å². The topological polar surface area (TPSA) is 57.3 Å². The van der Waals surface area contributed by atoms with E-state index in [1.165, 1.54) is 9.75 Å². The summed E-state index contributed by atoms with van der Waals surface area (Å²) < 4.78 is 0. The zero-order chi connectivity index (χ0) is 21.1. The normalized spacial score (nSPS) is 18.3. The van der Waals surface area contributed by atoms with Crippen LogP contribution < -0.4 is 10.6 Å². The highest BCUT2D eigenvalue weighted by molar-refractivity contribution is 7.80. The monoisotopic (exact) mass is 436 g/mol. The van der Waals surface area contributed by atoms with Crippen molar-refractivity contribution in [3.63, 3.8) is 0 Å². The fourth-order valence-electron chi connectivity index (χ4n) is 3.74. The third-order valence-electron chi connectivity index (χ3n) is 5.13. The number of thiocarbonyl (C=S) groups is 1. The van der Waals surface area contributed by atoms with Crippen molar-refractivity contribution in [1.29, 1.82) is 0 Å². The Morgan fingerprint density at radius 3 is 2.77 bits per heavy atom. The highest BCUT2D eigenvalue weighted by Gasteiger charge is 2.40. The van der Waals surface area contributed by atoms with Crippen LogP contribution in [0.5, 0.6) is 0 Å². The minimum Gasteiger partial charge on any atom is -0.352 e. The highest BCUT2D eigenvalue weighted by Crippen LogP contribution is 2.41. The summed E-state index contributed by atoms with van der Waals surface area (Å²) in [6, 6.07) is 18.0. The number of benzene rings is 1. The molecular formula is C23H24N4OS2. The molecule has 0 bridgehead atoms. The van der Waals surface area contributed by atoms with E-state index in [9.17, 15) is 4.79 Å². The SMILES string of the molecule is Cc1cccc(NC(=O)CCN2C(=S)NC(c3ccccn3)C2c2ccc(C)s2)c1. The molecule has 1 aliphatic heterocycles. The average molecular weight is 437 g/mol. The first-order chi connectivity index (χ1) is 14.5. The third kappa shape index (κ3) is 4.52. The first-order valence-corrected chi connectivity index (χ1v) is 11.1. The van der Waals surface area contributed by atoms with Crippen LogP contribution in [0.3, 0.4) is 0 Å². The van der Waals surface area contributed by atoms with Gasteiger partial charge in [-0.2, -0.15) is 0 Å². The summed E-state index contributed by atoms with van der Waals surface area (Å²) in [5.41, 5.74) is 2.88. The van der Waals surface area contributed by atoms with Crippen LogP contribution in [0.15, 0.2) is 60.8 Å². The van der Waals surface area contributed by atoms with E-state index in [2.05, 4.69) is 39.6 Å². The summed E-state index contributed by atoms with van der Waals surface area (Å²) in [5.74, 6) is -0.0224. The fourth-order valence-corrected chi connectivity index (χ4v) is 5.10. The number of rotatable bonds is 6. The van der Waals surface area contributed by atoms with Crippen LogP contribution in [-0.4, -0.2) is 27.4 Å². The van der Waals surface area contributed by atoms with Crippen LogP contribution in [0, 0.1) is 13.8 Å².